The van der Waals surface area contributed by atoms with Crippen molar-refractivity contribution in [1.29, 1.82) is 0 Å². The fourth-order valence-corrected chi connectivity index (χ4v) is 1.67. The Balaban J connectivity index is 2.50. The van der Waals surface area contributed by atoms with E-state index in [1.807, 2.05) is 0 Å². The van der Waals surface area contributed by atoms with Crippen LogP contribution in [0.1, 0.15) is 5.56 Å². The Morgan fingerprint density at radius 3 is 2.50 bits per heavy atom. The molecular formula is C13H8ClF3N2O. The van der Waals surface area contributed by atoms with E-state index in [1.54, 1.807) is 0 Å². The van der Waals surface area contributed by atoms with E-state index in [1.165, 1.54) is 24.3 Å². The van der Waals surface area contributed by atoms with E-state index in [4.69, 9.17) is 22.8 Å². The highest BCUT2D eigenvalue weighted by atomic mass is 35.5. The van der Waals surface area contributed by atoms with Crippen molar-refractivity contribution in [2.45, 2.75) is 6.18 Å². The number of halogens is 4. The summed E-state index contributed by atoms with van der Waals surface area (Å²) >= 11 is 5.73. The number of terminal acetylenes is 1. The van der Waals surface area contributed by atoms with E-state index in [0.29, 0.717) is 16.9 Å². The molecule has 0 unspecified atom stereocenters. The highest BCUT2D eigenvalue weighted by Crippen LogP contribution is 2.37. The van der Waals surface area contributed by atoms with Gasteiger partial charge in [0, 0.05) is 5.02 Å². The minimum Gasteiger partial charge on any atom is -0.464 e. The van der Waals surface area contributed by atoms with Crippen LogP contribution in [-0.2, 0) is 6.18 Å². The van der Waals surface area contributed by atoms with Crippen LogP contribution in [0.15, 0.2) is 30.5 Å². The first kappa shape index (κ1) is 14.3. The summed E-state index contributed by atoms with van der Waals surface area (Å²) in [6.45, 7) is -0.289. The molecule has 0 aliphatic carbocycles. The highest BCUT2D eigenvalue weighted by molar-refractivity contribution is 6.30. The zero-order valence-corrected chi connectivity index (χ0v) is 10.7. The molecular weight excluding hydrogens is 293 g/mol. The molecule has 0 spiro atoms. The number of nitrogens with zero attached hydrogens (tertiary/aromatic N) is 2. The molecule has 0 N–H and O–H groups in total. The Morgan fingerprint density at radius 2 is 1.95 bits per heavy atom. The van der Waals surface area contributed by atoms with Crippen LogP contribution in [0.25, 0.3) is 5.69 Å². The van der Waals surface area contributed by atoms with Crippen LogP contribution in [0.2, 0.25) is 5.02 Å². The molecule has 1 aromatic carbocycles. The molecule has 0 amide bonds. The second kappa shape index (κ2) is 5.47. The van der Waals surface area contributed by atoms with E-state index in [2.05, 4.69) is 11.0 Å². The van der Waals surface area contributed by atoms with Gasteiger partial charge in [0.05, 0.1) is 11.9 Å². The normalized spacial score (nSPS) is 11.2. The SMILES string of the molecule is C#CCOc1c(C(F)(F)F)cnn1-c1ccc(Cl)cc1. The van der Waals surface area contributed by atoms with Crippen molar-refractivity contribution in [1.82, 2.24) is 9.78 Å². The number of rotatable bonds is 3. The summed E-state index contributed by atoms with van der Waals surface area (Å²) < 4.78 is 44.6. The molecule has 20 heavy (non-hydrogen) atoms. The zero-order valence-electron chi connectivity index (χ0n) is 9.99. The van der Waals surface area contributed by atoms with Crippen LogP contribution >= 0.6 is 11.6 Å². The maximum absolute atomic E-state index is 12.9. The van der Waals surface area contributed by atoms with Crippen LogP contribution in [0.4, 0.5) is 13.2 Å². The average Bonchev–Trinajstić information content (AvgIpc) is 2.81. The second-order valence-electron chi connectivity index (χ2n) is 3.74. The minimum atomic E-state index is -4.57. The van der Waals surface area contributed by atoms with E-state index in [0.717, 1.165) is 4.68 Å². The molecule has 3 nitrogen and oxygen atoms in total. The maximum atomic E-state index is 12.9. The van der Waals surface area contributed by atoms with Gasteiger partial charge in [0.1, 0.15) is 5.56 Å². The lowest BCUT2D eigenvalue weighted by atomic mass is 10.3. The quantitative estimate of drug-likeness (QED) is 0.811. The summed E-state index contributed by atoms with van der Waals surface area (Å²) in [6.07, 6.45) is 1.13. The molecule has 0 radical (unpaired) electrons. The summed E-state index contributed by atoms with van der Waals surface area (Å²) in [5, 5.41) is 4.16. The number of hydrogen-bond donors (Lipinski definition) is 0. The molecule has 2 aromatic rings. The molecule has 0 saturated carbocycles. The van der Waals surface area contributed by atoms with Crippen LogP contribution in [0, 0.1) is 12.3 Å². The van der Waals surface area contributed by atoms with Crippen molar-refractivity contribution in [2.75, 3.05) is 6.61 Å². The summed E-state index contributed by atoms with van der Waals surface area (Å²) in [7, 11) is 0. The van der Waals surface area contributed by atoms with E-state index >= 15 is 0 Å². The third kappa shape index (κ3) is 2.89. The van der Waals surface area contributed by atoms with Crippen LogP contribution < -0.4 is 4.74 Å². The third-order valence-electron chi connectivity index (χ3n) is 2.39. The van der Waals surface area contributed by atoms with Gasteiger partial charge < -0.3 is 4.74 Å². The number of alkyl halides is 3. The topological polar surface area (TPSA) is 27.1 Å². The molecule has 0 bridgehead atoms. The third-order valence-corrected chi connectivity index (χ3v) is 2.65. The molecule has 0 fully saturated rings. The zero-order chi connectivity index (χ0) is 14.8. The molecule has 2 rings (SSSR count). The summed E-state index contributed by atoms with van der Waals surface area (Å²) in [4.78, 5) is 0. The Labute approximate surface area is 117 Å². The number of benzene rings is 1. The molecule has 0 aliphatic rings. The van der Waals surface area contributed by atoms with Crippen molar-refractivity contribution in [3.63, 3.8) is 0 Å². The lowest BCUT2D eigenvalue weighted by molar-refractivity contribution is -0.138. The number of hydrogen-bond acceptors (Lipinski definition) is 2. The Hall–Kier alpha value is -2.13. The molecule has 7 heteroatoms. The molecule has 1 aromatic heterocycles. The number of aromatic nitrogens is 2. The molecule has 0 saturated heterocycles. The molecule has 104 valence electrons. The second-order valence-corrected chi connectivity index (χ2v) is 4.18. The Kier molecular flexibility index (Phi) is 3.91. The van der Waals surface area contributed by atoms with Gasteiger partial charge in [-0.3, -0.25) is 0 Å². The van der Waals surface area contributed by atoms with Crippen molar-refractivity contribution < 1.29 is 17.9 Å². The smallest absolute Gasteiger partial charge is 0.423 e. The Bertz CT molecular complexity index is 641. The van der Waals surface area contributed by atoms with Crippen LogP contribution in [0.3, 0.4) is 0 Å². The maximum Gasteiger partial charge on any atom is 0.423 e. The fourth-order valence-electron chi connectivity index (χ4n) is 1.55. The summed E-state index contributed by atoms with van der Waals surface area (Å²) in [5.41, 5.74) is -0.598. The molecule has 0 aliphatic heterocycles. The van der Waals surface area contributed by atoms with Gasteiger partial charge in [-0.2, -0.15) is 18.3 Å². The van der Waals surface area contributed by atoms with Gasteiger partial charge in [0.15, 0.2) is 6.61 Å². The van der Waals surface area contributed by atoms with Gasteiger partial charge in [-0.25, -0.2) is 4.68 Å². The van der Waals surface area contributed by atoms with Crippen molar-refractivity contribution >= 4 is 11.6 Å². The average molecular weight is 301 g/mol. The van der Waals surface area contributed by atoms with Crippen LogP contribution in [-0.4, -0.2) is 16.4 Å². The van der Waals surface area contributed by atoms with Crippen molar-refractivity contribution in [3.8, 4) is 23.9 Å². The minimum absolute atomic E-state index is 0.289. The largest absolute Gasteiger partial charge is 0.464 e. The summed E-state index contributed by atoms with van der Waals surface area (Å²) in [5.74, 6) is 1.67. The van der Waals surface area contributed by atoms with Gasteiger partial charge in [-0.15, -0.1) is 6.42 Å². The highest BCUT2D eigenvalue weighted by Gasteiger charge is 2.37. The Morgan fingerprint density at radius 1 is 1.30 bits per heavy atom. The predicted molar refractivity (Wildman–Crippen MR) is 67.9 cm³/mol. The van der Waals surface area contributed by atoms with Gasteiger partial charge >= 0.3 is 6.18 Å². The van der Waals surface area contributed by atoms with Gasteiger partial charge in [-0.05, 0) is 24.3 Å². The van der Waals surface area contributed by atoms with Gasteiger partial charge in [0.2, 0.25) is 5.88 Å². The van der Waals surface area contributed by atoms with E-state index < -0.39 is 17.6 Å². The van der Waals surface area contributed by atoms with Gasteiger partial charge in [-0.1, -0.05) is 17.5 Å². The lowest BCUT2D eigenvalue weighted by Crippen LogP contribution is -2.10. The number of ether oxygens (including phenoxy) is 1. The van der Waals surface area contributed by atoms with E-state index in [-0.39, 0.29) is 6.61 Å². The lowest BCUT2D eigenvalue weighted by Gasteiger charge is -2.11. The van der Waals surface area contributed by atoms with Crippen molar-refractivity contribution in [2.24, 2.45) is 0 Å². The van der Waals surface area contributed by atoms with Crippen LogP contribution in [0.5, 0.6) is 5.88 Å². The van der Waals surface area contributed by atoms with E-state index in [9.17, 15) is 13.2 Å². The standard InChI is InChI=1S/C13H8ClF3N2O/c1-2-7-20-12-11(13(15,16)17)8-18-19(12)10-5-3-9(14)4-6-10/h1,3-6,8H,7H2. The fraction of sp³-hybridized carbons (Fsp3) is 0.154. The first-order valence-electron chi connectivity index (χ1n) is 5.41. The summed E-state index contributed by atoms with van der Waals surface area (Å²) in [6, 6.07) is 6.13. The van der Waals surface area contributed by atoms with Crippen molar-refractivity contribution in [3.05, 3.63) is 41.0 Å². The van der Waals surface area contributed by atoms with Gasteiger partial charge in [0.25, 0.3) is 0 Å². The predicted octanol–water partition coefficient (Wildman–Crippen LogP) is 3.56. The monoisotopic (exact) mass is 300 g/mol. The first-order chi connectivity index (χ1) is 9.43. The molecule has 1 heterocycles. The first-order valence-corrected chi connectivity index (χ1v) is 5.78. The molecule has 0 atom stereocenters.